The largest absolute Gasteiger partial charge is 0.481 e. The minimum absolute atomic E-state index is 0.0820. The molecule has 1 aromatic carbocycles. The van der Waals surface area contributed by atoms with Crippen molar-refractivity contribution >= 4 is 15.9 Å². The monoisotopic (exact) mass is 312 g/mol. The van der Waals surface area contributed by atoms with E-state index in [1.165, 1.54) is 0 Å². The quantitative estimate of drug-likeness (QED) is 0.766. The van der Waals surface area contributed by atoms with Gasteiger partial charge >= 0.3 is 0 Å². The fourth-order valence-corrected chi connectivity index (χ4v) is 3.02. The number of hydrogen-bond donors (Lipinski definition) is 2. The molecule has 7 heteroatoms. The van der Waals surface area contributed by atoms with Gasteiger partial charge in [0.2, 0.25) is 10.0 Å². The summed E-state index contributed by atoms with van der Waals surface area (Å²) in [4.78, 5) is 11.8. The molecule has 1 unspecified atom stereocenters. The molecule has 3 N–H and O–H groups in total. The number of nitrogens with two attached hydrogens (primary N) is 1. The van der Waals surface area contributed by atoms with E-state index >= 15 is 0 Å². The average Bonchev–Trinajstić information content (AvgIpc) is 2.32. The van der Waals surface area contributed by atoms with E-state index in [-0.39, 0.29) is 10.8 Å². The number of aryl methyl sites for hydroxylation is 2. The highest BCUT2D eigenvalue weighted by molar-refractivity contribution is 7.89. The van der Waals surface area contributed by atoms with Gasteiger partial charge in [0.15, 0.2) is 6.10 Å². The number of sulfonamides is 1. The zero-order valence-corrected chi connectivity index (χ0v) is 13.2. The summed E-state index contributed by atoms with van der Waals surface area (Å²) in [7, 11) is -3.78. The lowest BCUT2D eigenvalue weighted by atomic mass is 10.1. The average molecular weight is 312 g/mol. The Kier molecular flexibility index (Phi) is 5.51. The molecule has 1 atom stereocenters. The molecular formula is C14H20N2O4S. The highest BCUT2D eigenvalue weighted by Gasteiger charge is 2.18. The van der Waals surface area contributed by atoms with Gasteiger partial charge in [-0.1, -0.05) is 6.08 Å². The Balaban J connectivity index is 2.97. The normalized spacial score (nSPS) is 12.6. The van der Waals surface area contributed by atoms with Crippen molar-refractivity contribution < 1.29 is 17.9 Å². The second kappa shape index (κ2) is 6.73. The number of benzene rings is 1. The third kappa shape index (κ3) is 4.57. The fourth-order valence-electron chi connectivity index (χ4n) is 2.00. The number of hydrogen-bond acceptors (Lipinski definition) is 4. The minimum Gasteiger partial charge on any atom is -0.481 e. The molecule has 21 heavy (non-hydrogen) atoms. The van der Waals surface area contributed by atoms with E-state index < -0.39 is 16.1 Å². The smallest absolute Gasteiger partial charge is 0.261 e. The van der Waals surface area contributed by atoms with Crippen LogP contribution in [0.15, 0.2) is 29.7 Å². The third-order valence-electron chi connectivity index (χ3n) is 2.82. The minimum atomic E-state index is -3.78. The Morgan fingerprint density at radius 3 is 2.38 bits per heavy atom. The number of amides is 1. The lowest BCUT2D eigenvalue weighted by molar-refractivity contribution is -0.127. The van der Waals surface area contributed by atoms with Crippen LogP contribution >= 0.6 is 0 Å². The Morgan fingerprint density at radius 1 is 1.43 bits per heavy atom. The van der Waals surface area contributed by atoms with E-state index in [2.05, 4.69) is 11.9 Å². The molecule has 0 aromatic heterocycles. The highest BCUT2D eigenvalue weighted by atomic mass is 32.2. The van der Waals surface area contributed by atoms with Crippen LogP contribution in [0.5, 0.6) is 5.75 Å². The molecule has 6 nitrogen and oxygen atoms in total. The summed E-state index contributed by atoms with van der Waals surface area (Å²) in [5, 5.41) is 7.79. The molecule has 0 spiro atoms. The Hall–Kier alpha value is -1.86. The van der Waals surface area contributed by atoms with Crippen molar-refractivity contribution in [3.63, 3.8) is 0 Å². The Morgan fingerprint density at radius 2 is 1.95 bits per heavy atom. The van der Waals surface area contributed by atoms with E-state index in [1.807, 2.05) is 0 Å². The summed E-state index contributed by atoms with van der Waals surface area (Å²) in [5.74, 6) is 0.138. The molecule has 0 aliphatic heterocycles. The molecule has 0 saturated heterocycles. The molecule has 116 valence electrons. The maximum absolute atomic E-state index is 11.7. The molecule has 0 aliphatic carbocycles. The number of nitrogens with one attached hydrogen (secondary N) is 1. The molecule has 0 aliphatic rings. The van der Waals surface area contributed by atoms with Crippen LogP contribution in [0.25, 0.3) is 0 Å². The van der Waals surface area contributed by atoms with E-state index in [4.69, 9.17) is 9.88 Å². The first-order chi connectivity index (χ1) is 9.66. The molecule has 1 aromatic rings. The Bertz CT molecular complexity index is 630. The van der Waals surface area contributed by atoms with Crippen molar-refractivity contribution in [1.29, 1.82) is 0 Å². The number of carbonyl (C=O) groups excluding carboxylic acids is 1. The topological polar surface area (TPSA) is 98.5 Å². The Labute approximate surface area is 125 Å². The van der Waals surface area contributed by atoms with Crippen LogP contribution in [0.4, 0.5) is 0 Å². The number of primary sulfonamides is 1. The van der Waals surface area contributed by atoms with Crippen LogP contribution in [-0.2, 0) is 14.8 Å². The number of rotatable bonds is 6. The maximum Gasteiger partial charge on any atom is 0.261 e. The zero-order chi connectivity index (χ0) is 16.2. The first kappa shape index (κ1) is 17.2. The lowest BCUT2D eigenvalue weighted by Crippen LogP contribution is -2.36. The summed E-state index contributed by atoms with van der Waals surface area (Å²) in [6.07, 6.45) is 0.865. The predicted octanol–water partition coefficient (Wildman–Crippen LogP) is 1.02. The van der Waals surface area contributed by atoms with Gasteiger partial charge in [0.05, 0.1) is 4.90 Å². The van der Waals surface area contributed by atoms with E-state index in [0.717, 1.165) is 0 Å². The first-order valence-electron chi connectivity index (χ1n) is 6.36. The van der Waals surface area contributed by atoms with Crippen LogP contribution in [0.1, 0.15) is 18.1 Å². The zero-order valence-electron chi connectivity index (χ0n) is 12.3. The summed E-state index contributed by atoms with van der Waals surface area (Å²) in [6.45, 7) is 8.73. The van der Waals surface area contributed by atoms with Crippen molar-refractivity contribution in [2.24, 2.45) is 5.14 Å². The van der Waals surface area contributed by atoms with Gasteiger partial charge in [0.1, 0.15) is 5.75 Å². The number of carbonyl (C=O) groups is 1. The van der Waals surface area contributed by atoms with Gasteiger partial charge in [-0.15, -0.1) is 6.58 Å². The first-order valence-corrected chi connectivity index (χ1v) is 7.90. The second-order valence-electron chi connectivity index (χ2n) is 4.73. The fraction of sp³-hybridized carbons (Fsp3) is 0.357. The maximum atomic E-state index is 11.7. The van der Waals surface area contributed by atoms with Crippen molar-refractivity contribution in [1.82, 2.24) is 5.32 Å². The van der Waals surface area contributed by atoms with Crippen LogP contribution in [0.3, 0.4) is 0 Å². The van der Waals surface area contributed by atoms with Crippen molar-refractivity contribution in [2.45, 2.75) is 31.8 Å². The summed E-state index contributed by atoms with van der Waals surface area (Å²) < 4.78 is 28.5. The molecule has 0 heterocycles. The van der Waals surface area contributed by atoms with E-state index in [0.29, 0.717) is 23.4 Å². The van der Waals surface area contributed by atoms with Crippen molar-refractivity contribution in [2.75, 3.05) is 6.54 Å². The predicted molar refractivity (Wildman–Crippen MR) is 80.6 cm³/mol. The van der Waals surface area contributed by atoms with Gasteiger partial charge in [-0.25, -0.2) is 13.6 Å². The lowest BCUT2D eigenvalue weighted by Gasteiger charge is -2.16. The third-order valence-corrected chi connectivity index (χ3v) is 4.03. The summed E-state index contributed by atoms with van der Waals surface area (Å²) in [6, 6.07) is 3.09. The molecule has 0 fully saturated rings. The van der Waals surface area contributed by atoms with Gasteiger partial charge < -0.3 is 10.1 Å². The summed E-state index contributed by atoms with van der Waals surface area (Å²) >= 11 is 0. The van der Waals surface area contributed by atoms with Gasteiger partial charge in [-0.05, 0) is 44.0 Å². The van der Waals surface area contributed by atoms with Crippen LogP contribution < -0.4 is 15.2 Å². The highest BCUT2D eigenvalue weighted by Crippen LogP contribution is 2.25. The van der Waals surface area contributed by atoms with Gasteiger partial charge in [0.25, 0.3) is 5.91 Å². The molecule has 1 amide bonds. The van der Waals surface area contributed by atoms with Gasteiger partial charge in [0, 0.05) is 6.54 Å². The molecule has 0 saturated carbocycles. The number of ether oxygens (including phenoxy) is 1. The van der Waals surface area contributed by atoms with Crippen molar-refractivity contribution in [3.8, 4) is 5.75 Å². The summed E-state index contributed by atoms with van der Waals surface area (Å²) in [5.41, 5.74) is 0.956. The molecule has 0 radical (unpaired) electrons. The van der Waals surface area contributed by atoms with Crippen LogP contribution in [0.2, 0.25) is 0 Å². The van der Waals surface area contributed by atoms with Crippen LogP contribution in [-0.4, -0.2) is 27.0 Å². The molecular weight excluding hydrogens is 292 g/mol. The standard InChI is InChI=1S/C14H20N2O4S/c1-5-6-16-14(17)11(4)20-12-7-9(2)13(10(3)8-12)21(15,18)19/h5,7-8,11H,1,6H2,2-4H3,(H,16,17)(H2,15,18,19). The van der Waals surface area contributed by atoms with E-state index in [9.17, 15) is 13.2 Å². The van der Waals surface area contributed by atoms with Crippen molar-refractivity contribution in [3.05, 3.63) is 35.9 Å². The SMILES string of the molecule is C=CCNC(=O)C(C)Oc1cc(C)c(S(N)(=O)=O)c(C)c1. The van der Waals surface area contributed by atoms with Gasteiger partial charge in [-0.3, -0.25) is 4.79 Å². The second-order valence-corrected chi connectivity index (χ2v) is 6.22. The molecule has 0 bridgehead atoms. The molecule has 1 rings (SSSR count). The van der Waals surface area contributed by atoms with E-state index in [1.54, 1.807) is 39.0 Å². The van der Waals surface area contributed by atoms with Crippen LogP contribution in [0, 0.1) is 13.8 Å². The van der Waals surface area contributed by atoms with Gasteiger partial charge in [-0.2, -0.15) is 0 Å².